The van der Waals surface area contributed by atoms with Gasteiger partial charge < -0.3 is 19.7 Å². The van der Waals surface area contributed by atoms with Gasteiger partial charge in [-0.2, -0.15) is 0 Å². The van der Waals surface area contributed by atoms with Gasteiger partial charge in [0.25, 0.3) is 5.78 Å². The van der Waals surface area contributed by atoms with Crippen LogP contribution in [0.25, 0.3) is 16.0 Å². The van der Waals surface area contributed by atoms with Crippen molar-refractivity contribution in [2.75, 3.05) is 11.5 Å². The zero-order valence-electron chi connectivity index (χ0n) is 21.0. The topological polar surface area (TPSA) is 109 Å². The van der Waals surface area contributed by atoms with Gasteiger partial charge in [-0.25, -0.2) is 4.98 Å². The van der Waals surface area contributed by atoms with Crippen LogP contribution in [0.1, 0.15) is 36.6 Å². The van der Waals surface area contributed by atoms with Crippen molar-refractivity contribution in [1.29, 1.82) is 0 Å². The van der Waals surface area contributed by atoms with E-state index >= 15 is 0 Å². The largest absolute Gasteiger partial charge is 0.507 e. The molecule has 6 rings (SSSR count). The molecule has 1 amide bonds. The van der Waals surface area contributed by atoms with Gasteiger partial charge >= 0.3 is 5.91 Å². The minimum atomic E-state index is -1.02. The monoisotopic (exact) mass is 562 g/mol. The zero-order chi connectivity index (χ0) is 27.4. The van der Waals surface area contributed by atoms with Crippen LogP contribution in [0, 0.1) is 0 Å². The summed E-state index contributed by atoms with van der Waals surface area (Å²) in [5.74, 6) is -1.13. The number of amides is 1. The number of ketones is 1. The number of Topliss-reactive ketones (excluding diaryl/α,β-unsaturated/α-hetero) is 1. The number of benzene rings is 3. The maximum atomic E-state index is 13.6. The number of aliphatic hydroxyl groups is 1. The van der Waals surface area contributed by atoms with Crippen LogP contribution in [-0.4, -0.2) is 39.6 Å². The molecule has 1 fully saturated rings. The van der Waals surface area contributed by atoms with E-state index in [0.717, 1.165) is 16.0 Å². The lowest BCUT2D eigenvalue weighted by Gasteiger charge is -2.23. The van der Waals surface area contributed by atoms with Gasteiger partial charge in [0.05, 0.1) is 28.4 Å². The Balaban J connectivity index is 1.55. The van der Waals surface area contributed by atoms with E-state index in [1.54, 1.807) is 55.5 Å². The van der Waals surface area contributed by atoms with Crippen LogP contribution in [0.4, 0.5) is 5.13 Å². The van der Waals surface area contributed by atoms with Crippen molar-refractivity contribution in [3.05, 3.63) is 81.9 Å². The average molecular weight is 563 g/mol. The summed E-state index contributed by atoms with van der Waals surface area (Å²) in [7, 11) is 0. The summed E-state index contributed by atoms with van der Waals surface area (Å²) in [6.07, 6.45) is 0.669. The second-order valence-corrected chi connectivity index (χ2v) is 10.8. The van der Waals surface area contributed by atoms with E-state index in [1.165, 1.54) is 22.3 Å². The highest BCUT2D eigenvalue weighted by atomic mass is 35.5. The molecule has 2 atom stereocenters. The van der Waals surface area contributed by atoms with Crippen LogP contribution < -0.4 is 14.4 Å². The standard InChI is InChI=1S/C29H23ClN2O6S/c1-3-37-22-12-15(4-8-20(22)33)25-24(26(34)16-5-9-21-17(11-16)10-14(2)38-21)27(35)28(36)32(25)29-31-19-7-6-18(30)13-23(19)39-29/h4-9,11-14,25,33-34H,3,10H2,1-2H3/b26-24-. The molecule has 0 aliphatic carbocycles. The number of aliphatic hydroxyl groups excluding tert-OH is 1. The number of rotatable bonds is 5. The molecule has 4 aromatic rings. The number of carbonyl (C=O) groups excluding carboxylic acids is 2. The predicted molar refractivity (Wildman–Crippen MR) is 149 cm³/mol. The molecule has 3 aromatic carbocycles. The molecule has 198 valence electrons. The number of phenols is 1. The number of nitrogens with zero attached hydrogens (tertiary/aromatic N) is 2. The Labute approximate surface area is 232 Å². The summed E-state index contributed by atoms with van der Waals surface area (Å²) in [6.45, 7) is 4.03. The number of hydrogen-bond donors (Lipinski definition) is 2. The third-order valence-corrected chi connectivity index (χ3v) is 8.01. The van der Waals surface area contributed by atoms with Crippen LogP contribution >= 0.6 is 22.9 Å². The normalized spacial score (nSPS) is 19.9. The molecular weight excluding hydrogens is 540 g/mol. The average Bonchev–Trinajstić information content (AvgIpc) is 3.57. The van der Waals surface area contributed by atoms with Crippen molar-refractivity contribution in [2.45, 2.75) is 32.4 Å². The maximum absolute atomic E-state index is 13.6. The van der Waals surface area contributed by atoms with Crippen LogP contribution in [0.3, 0.4) is 0 Å². The van der Waals surface area contributed by atoms with Gasteiger partial charge in [-0.1, -0.05) is 29.0 Å². The third-order valence-electron chi connectivity index (χ3n) is 6.76. The molecule has 2 unspecified atom stereocenters. The lowest BCUT2D eigenvalue weighted by atomic mass is 9.94. The number of fused-ring (bicyclic) bond motifs is 2. The van der Waals surface area contributed by atoms with E-state index in [4.69, 9.17) is 21.1 Å². The molecule has 2 aliphatic rings. The van der Waals surface area contributed by atoms with Crippen LogP contribution in [-0.2, 0) is 16.0 Å². The lowest BCUT2D eigenvalue weighted by Crippen LogP contribution is -2.29. The molecule has 0 saturated carbocycles. The number of ether oxygens (including phenoxy) is 2. The zero-order valence-corrected chi connectivity index (χ0v) is 22.5. The quantitative estimate of drug-likeness (QED) is 0.174. The van der Waals surface area contributed by atoms with Gasteiger partial charge in [0, 0.05) is 17.0 Å². The lowest BCUT2D eigenvalue weighted by molar-refractivity contribution is -0.132. The highest BCUT2D eigenvalue weighted by molar-refractivity contribution is 7.22. The molecule has 1 aromatic heterocycles. The van der Waals surface area contributed by atoms with E-state index < -0.39 is 17.7 Å². The fourth-order valence-corrected chi connectivity index (χ4v) is 6.30. The summed E-state index contributed by atoms with van der Waals surface area (Å²) in [6, 6.07) is 14.0. The Bertz CT molecular complexity index is 1700. The number of aromatic nitrogens is 1. The van der Waals surface area contributed by atoms with Crippen molar-refractivity contribution >= 4 is 55.7 Å². The highest BCUT2D eigenvalue weighted by Crippen LogP contribution is 2.46. The second kappa shape index (κ2) is 9.59. The van der Waals surface area contributed by atoms with Crippen molar-refractivity contribution in [3.63, 3.8) is 0 Å². The van der Waals surface area contributed by atoms with Gasteiger partial charge in [0.1, 0.15) is 17.6 Å². The van der Waals surface area contributed by atoms with Gasteiger partial charge in [0.15, 0.2) is 16.6 Å². The van der Waals surface area contributed by atoms with E-state index in [1.807, 2.05) is 6.92 Å². The molecular formula is C29H23ClN2O6S. The van der Waals surface area contributed by atoms with E-state index in [9.17, 15) is 19.8 Å². The van der Waals surface area contributed by atoms with E-state index in [2.05, 4.69) is 4.98 Å². The minimum Gasteiger partial charge on any atom is -0.507 e. The number of halogens is 1. The summed E-state index contributed by atoms with van der Waals surface area (Å²) < 4.78 is 12.1. The van der Waals surface area contributed by atoms with Gasteiger partial charge in [0.2, 0.25) is 0 Å². The Hall–Kier alpha value is -4.08. The van der Waals surface area contributed by atoms with Crippen LogP contribution in [0.15, 0.2) is 60.2 Å². The molecule has 0 radical (unpaired) electrons. The number of phenolic OH excluding ortho intramolecular Hbond substituents is 1. The van der Waals surface area contributed by atoms with E-state index in [0.29, 0.717) is 34.7 Å². The summed E-state index contributed by atoms with van der Waals surface area (Å²) >= 11 is 7.38. The fraction of sp³-hybridized carbons (Fsp3) is 0.207. The van der Waals surface area contributed by atoms with Gasteiger partial charge in [-0.15, -0.1) is 0 Å². The first-order valence-electron chi connectivity index (χ1n) is 12.4. The maximum Gasteiger partial charge on any atom is 0.301 e. The molecule has 3 heterocycles. The molecule has 0 bridgehead atoms. The number of thiazole rings is 1. The van der Waals surface area contributed by atoms with E-state index in [-0.39, 0.29) is 34.1 Å². The SMILES string of the molecule is CCOc1cc(C2/C(=C(/O)c3ccc4c(c3)CC(C)O4)C(=O)C(=O)N2c2nc3ccc(Cl)cc3s2)ccc1O. The number of carbonyl (C=O) groups is 2. The molecule has 2 N–H and O–H groups in total. The molecule has 39 heavy (non-hydrogen) atoms. The molecule has 2 aliphatic heterocycles. The smallest absolute Gasteiger partial charge is 0.301 e. The Morgan fingerprint density at radius 3 is 2.79 bits per heavy atom. The summed E-state index contributed by atoms with van der Waals surface area (Å²) in [4.78, 5) is 33.0. The second-order valence-electron chi connectivity index (χ2n) is 9.39. The Morgan fingerprint density at radius 2 is 2.00 bits per heavy atom. The predicted octanol–water partition coefficient (Wildman–Crippen LogP) is 6.00. The van der Waals surface area contributed by atoms with Crippen molar-refractivity contribution in [3.8, 4) is 17.2 Å². The number of anilines is 1. The first-order chi connectivity index (χ1) is 18.7. The summed E-state index contributed by atoms with van der Waals surface area (Å²) in [5.41, 5.74) is 2.30. The van der Waals surface area contributed by atoms with Crippen LogP contribution in [0.2, 0.25) is 5.02 Å². The van der Waals surface area contributed by atoms with Crippen molar-refractivity contribution < 1.29 is 29.3 Å². The van der Waals surface area contributed by atoms with Crippen LogP contribution in [0.5, 0.6) is 17.2 Å². The molecule has 10 heteroatoms. The Kier molecular flexibility index (Phi) is 6.20. The summed E-state index contributed by atoms with van der Waals surface area (Å²) in [5, 5.41) is 22.6. The molecule has 0 spiro atoms. The Morgan fingerprint density at radius 1 is 1.18 bits per heavy atom. The fourth-order valence-electron chi connectivity index (χ4n) is 5.03. The van der Waals surface area contributed by atoms with Crippen molar-refractivity contribution in [1.82, 2.24) is 4.98 Å². The third kappa shape index (κ3) is 4.27. The molecule has 8 nitrogen and oxygen atoms in total. The minimum absolute atomic E-state index is 0.00416. The first kappa shape index (κ1) is 25.2. The number of hydrogen-bond acceptors (Lipinski definition) is 8. The van der Waals surface area contributed by atoms with Gasteiger partial charge in [-0.3, -0.25) is 14.5 Å². The number of aromatic hydroxyl groups is 1. The van der Waals surface area contributed by atoms with Crippen molar-refractivity contribution in [2.24, 2.45) is 0 Å². The molecule has 1 saturated heterocycles. The highest BCUT2D eigenvalue weighted by Gasteiger charge is 2.48. The first-order valence-corrected chi connectivity index (χ1v) is 13.6. The van der Waals surface area contributed by atoms with Gasteiger partial charge in [-0.05, 0) is 73.5 Å².